The minimum Gasteiger partial charge on any atom is -0.481 e. The molecule has 2 N–H and O–H groups in total. The molecule has 0 aliphatic carbocycles. The van der Waals surface area contributed by atoms with Gasteiger partial charge in [-0.05, 0) is 54.4 Å². The maximum atomic E-state index is 13.2. The van der Waals surface area contributed by atoms with Crippen LogP contribution in [0.25, 0.3) is 0 Å². The predicted molar refractivity (Wildman–Crippen MR) is 125 cm³/mol. The van der Waals surface area contributed by atoms with Gasteiger partial charge in [0, 0.05) is 13.1 Å². The number of halogens is 2. The fourth-order valence-electron chi connectivity index (χ4n) is 3.15. The zero-order valence-electron chi connectivity index (χ0n) is 18.4. The van der Waals surface area contributed by atoms with Gasteiger partial charge in [0.05, 0.1) is 0 Å². The molecule has 9 heteroatoms. The molecule has 0 spiro atoms. The first-order valence-corrected chi connectivity index (χ1v) is 10.7. The van der Waals surface area contributed by atoms with Gasteiger partial charge >= 0.3 is 0 Å². The van der Waals surface area contributed by atoms with Crippen LogP contribution in [0.15, 0.2) is 78.9 Å². The van der Waals surface area contributed by atoms with Crippen molar-refractivity contribution in [1.82, 2.24) is 14.8 Å². The first kappa shape index (κ1) is 22.9. The second kappa shape index (κ2) is 10.6. The molecule has 0 saturated heterocycles. The van der Waals surface area contributed by atoms with E-state index in [0.717, 1.165) is 15.8 Å². The molecule has 34 heavy (non-hydrogen) atoms. The minimum absolute atomic E-state index is 0.208. The highest BCUT2D eigenvalue weighted by atomic mass is 19.1. The van der Waals surface area contributed by atoms with Crippen LogP contribution in [0.4, 0.5) is 20.7 Å². The molecule has 0 amide bonds. The molecule has 1 atom stereocenters. The molecule has 7 nitrogen and oxygen atoms in total. The number of aromatic nitrogens is 3. The van der Waals surface area contributed by atoms with Gasteiger partial charge in [-0.2, -0.15) is 9.67 Å². The molecule has 0 radical (unpaired) electrons. The summed E-state index contributed by atoms with van der Waals surface area (Å²) in [5.74, 6) is -0.102. The molecule has 4 rings (SSSR count). The van der Waals surface area contributed by atoms with Crippen molar-refractivity contribution in [3.05, 3.63) is 102 Å². The quantitative estimate of drug-likeness (QED) is 0.368. The lowest BCUT2D eigenvalue weighted by atomic mass is 10.2. The molecule has 0 unspecified atom stereocenters. The third-order valence-electron chi connectivity index (χ3n) is 4.95. The zero-order chi connectivity index (χ0) is 23.9. The molecular formula is C25H23F2N5O2. The number of hydrogen-bond acceptors (Lipinski definition) is 6. The average Bonchev–Trinajstić information content (AvgIpc) is 3.26. The lowest BCUT2D eigenvalue weighted by Crippen LogP contribution is -2.31. The van der Waals surface area contributed by atoms with E-state index in [1.165, 1.54) is 24.3 Å². The van der Waals surface area contributed by atoms with Crippen molar-refractivity contribution in [3.63, 3.8) is 0 Å². The summed E-state index contributed by atoms with van der Waals surface area (Å²) in [4.78, 5) is 17.5. The maximum Gasteiger partial charge on any atom is 0.290 e. The molecule has 0 aliphatic rings. The summed E-state index contributed by atoms with van der Waals surface area (Å²) in [6.45, 7) is 2.27. The summed E-state index contributed by atoms with van der Waals surface area (Å²) >= 11 is 0. The van der Waals surface area contributed by atoms with Gasteiger partial charge in [-0.3, -0.25) is 4.79 Å². The Morgan fingerprint density at radius 1 is 0.882 bits per heavy atom. The van der Waals surface area contributed by atoms with Crippen LogP contribution < -0.4 is 15.4 Å². The van der Waals surface area contributed by atoms with Crippen molar-refractivity contribution in [2.75, 3.05) is 10.6 Å². The van der Waals surface area contributed by atoms with E-state index in [-0.39, 0.29) is 23.5 Å². The topological polar surface area (TPSA) is 81.1 Å². The normalized spacial score (nSPS) is 11.6. The van der Waals surface area contributed by atoms with Gasteiger partial charge in [0.1, 0.15) is 17.4 Å². The number of rotatable bonds is 9. The van der Waals surface area contributed by atoms with Crippen LogP contribution in [-0.4, -0.2) is 26.8 Å². The Hall–Kier alpha value is -4.27. The van der Waals surface area contributed by atoms with Crippen molar-refractivity contribution >= 4 is 17.8 Å². The van der Waals surface area contributed by atoms with E-state index in [0.29, 0.717) is 18.8 Å². The van der Waals surface area contributed by atoms with Crippen LogP contribution >= 0.6 is 0 Å². The number of ether oxygens (including phenoxy) is 1. The fraction of sp³-hybridized carbons (Fsp3) is 0.160. The number of benzene rings is 3. The highest BCUT2D eigenvalue weighted by Crippen LogP contribution is 2.16. The number of nitrogens with one attached hydrogen (secondary N) is 2. The summed E-state index contributed by atoms with van der Waals surface area (Å²) in [7, 11) is 0. The van der Waals surface area contributed by atoms with E-state index < -0.39 is 12.0 Å². The van der Waals surface area contributed by atoms with Crippen LogP contribution in [0.3, 0.4) is 0 Å². The highest BCUT2D eigenvalue weighted by molar-refractivity contribution is 5.85. The Morgan fingerprint density at radius 2 is 1.44 bits per heavy atom. The monoisotopic (exact) mass is 463 g/mol. The molecule has 174 valence electrons. The number of hydrogen-bond donors (Lipinski definition) is 2. The van der Waals surface area contributed by atoms with E-state index in [1.807, 2.05) is 18.2 Å². The third-order valence-corrected chi connectivity index (χ3v) is 4.95. The standard InChI is InChI=1S/C25H23F2N5O2/c1-17(34-22-5-3-2-4-6-22)23(33)32-25(29-16-19-9-13-21(27)14-10-19)30-24(31-32)28-15-18-7-11-20(26)12-8-18/h2-14,17H,15-16H2,1H3,(H2,28,29,30,31)/t17-/m0/s1. The van der Waals surface area contributed by atoms with E-state index in [9.17, 15) is 13.6 Å². The van der Waals surface area contributed by atoms with E-state index in [4.69, 9.17) is 4.74 Å². The van der Waals surface area contributed by atoms with Crippen molar-refractivity contribution < 1.29 is 18.3 Å². The van der Waals surface area contributed by atoms with Gasteiger partial charge in [0.15, 0.2) is 6.10 Å². The summed E-state index contributed by atoms with van der Waals surface area (Å²) in [6.07, 6.45) is -0.833. The summed E-state index contributed by atoms with van der Waals surface area (Å²) < 4.78 is 33.2. The molecule has 3 aromatic carbocycles. The van der Waals surface area contributed by atoms with Crippen LogP contribution in [0.2, 0.25) is 0 Å². The van der Waals surface area contributed by atoms with Gasteiger partial charge in [-0.1, -0.05) is 42.5 Å². The van der Waals surface area contributed by atoms with Crippen LogP contribution in [0.1, 0.15) is 22.8 Å². The Labute approximate surface area is 195 Å². The Bertz CT molecular complexity index is 1230. The highest BCUT2D eigenvalue weighted by Gasteiger charge is 2.23. The van der Waals surface area contributed by atoms with Crippen LogP contribution in [0.5, 0.6) is 5.75 Å². The molecule has 1 heterocycles. The second-order valence-electron chi connectivity index (χ2n) is 7.54. The lowest BCUT2D eigenvalue weighted by molar-refractivity contribution is 0.0713. The van der Waals surface area contributed by atoms with Gasteiger partial charge < -0.3 is 15.4 Å². The molecular weight excluding hydrogens is 440 g/mol. The van der Waals surface area contributed by atoms with E-state index in [2.05, 4.69) is 20.7 Å². The molecule has 1 aromatic heterocycles. The Morgan fingerprint density at radius 3 is 2.03 bits per heavy atom. The maximum absolute atomic E-state index is 13.2. The zero-order valence-corrected chi connectivity index (χ0v) is 18.4. The Balaban J connectivity index is 1.51. The summed E-state index contributed by atoms with van der Waals surface area (Å²) in [5.41, 5.74) is 1.63. The van der Waals surface area contributed by atoms with E-state index >= 15 is 0 Å². The number of nitrogens with zero attached hydrogens (tertiary/aromatic N) is 3. The molecule has 4 aromatic rings. The third kappa shape index (κ3) is 5.94. The molecule has 0 saturated carbocycles. The van der Waals surface area contributed by atoms with Gasteiger partial charge in [-0.15, -0.1) is 5.10 Å². The second-order valence-corrected chi connectivity index (χ2v) is 7.54. The lowest BCUT2D eigenvalue weighted by Gasteiger charge is -2.14. The number of para-hydroxylation sites is 1. The van der Waals surface area contributed by atoms with Crippen LogP contribution in [-0.2, 0) is 13.1 Å². The van der Waals surface area contributed by atoms with Gasteiger partial charge in [0.2, 0.25) is 11.9 Å². The number of carbonyl (C=O) groups excluding carboxylic acids is 1. The molecule has 0 aliphatic heterocycles. The first-order chi connectivity index (χ1) is 16.5. The summed E-state index contributed by atoms with van der Waals surface area (Å²) in [6, 6.07) is 21.0. The first-order valence-electron chi connectivity index (χ1n) is 10.7. The predicted octanol–water partition coefficient (Wildman–Crippen LogP) is 4.89. The summed E-state index contributed by atoms with van der Waals surface area (Å²) in [5, 5.41) is 10.4. The smallest absolute Gasteiger partial charge is 0.290 e. The Kier molecular flexibility index (Phi) is 7.12. The van der Waals surface area contributed by atoms with Crippen molar-refractivity contribution in [3.8, 4) is 5.75 Å². The van der Waals surface area contributed by atoms with Gasteiger partial charge in [0.25, 0.3) is 5.91 Å². The number of carbonyl (C=O) groups is 1. The van der Waals surface area contributed by atoms with Crippen molar-refractivity contribution in [1.29, 1.82) is 0 Å². The van der Waals surface area contributed by atoms with Gasteiger partial charge in [-0.25, -0.2) is 8.78 Å². The largest absolute Gasteiger partial charge is 0.481 e. The minimum atomic E-state index is -0.833. The SMILES string of the molecule is C[C@H](Oc1ccccc1)C(=O)n1nc(NCc2ccc(F)cc2)nc1NCc1ccc(F)cc1. The van der Waals surface area contributed by atoms with Crippen molar-refractivity contribution in [2.45, 2.75) is 26.1 Å². The fourth-order valence-corrected chi connectivity index (χ4v) is 3.15. The average molecular weight is 463 g/mol. The molecule has 0 bridgehead atoms. The number of anilines is 2. The van der Waals surface area contributed by atoms with E-state index in [1.54, 1.807) is 43.3 Å². The van der Waals surface area contributed by atoms with Crippen molar-refractivity contribution in [2.24, 2.45) is 0 Å². The molecule has 0 fully saturated rings. The van der Waals surface area contributed by atoms with Crippen LogP contribution in [0, 0.1) is 11.6 Å².